The summed E-state index contributed by atoms with van der Waals surface area (Å²) in [4.78, 5) is 15.5. The minimum Gasteiger partial charge on any atom is -0.466 e. The maximum atomic E-state index is 11.3. The van der Waals surface area contributed by atoms with Gasteiger partial charge >= 0.3 is 5.97 Å². The van der Waals surface area contributed by atoms with Gasteiger partial charge in [0.05, 0.1) is 19.1 Å². The lowest BCUT2D eigenvalue weighted by Crippen LogP contribution is -2.28. The topological polar surface area (TPSA) is 56.1 Å². The highest BCUT2D eigenvalue weighted by Gasteiger charge is 2.13. The molecule has 1 aromatic heterocycles. The van der Waals surface area contributed by atoms with Crippen molar-refractivity contribution in [3.8, 4) is 0 Å². The van der Waals surface area contributed by atoms with E-state index < -0.39 is 0 Å². The second-order valence-electron chi connectivity index (χ2n) is 3.74. The first kappa shape index (κ1) is 12.7. The summed E-state index contributed by atoms with van der Waals surface area (Å²) >= 11 is 0. The van der Waals surface area contributed by atoms with Gasteiger partial charge in [-0.05, 0) is 6.92 Å². The van der Waals surface area contributed by atoms with E-state index >= 15 is 0 Å². The van der Waals surface area contributed by atoms with E-state index in [4.69, 9.17) is 4.74 Å². The molecule has 0 saturated carbocycles. The fourth-order valence-electron chi connectivity index (χ4n) is 1.34. The van der Waals surface area contributed by atoms with Crippen molar-refractivity contribution in [2.75, 3.05) is 13.2 Å². The lowest BCUT2D eigenvalue weighted by atomic mass is 10.2. The number of rotatable bonds is 6. The summed E-state index contributed by atoms with van der Waals surface area (Å²) in [5.41, 5.74) is 0. The largest absolute Gasteiger partial charge is 0.466 e. The molecule has 1 rings (SSSR count). The van der Waals surface area contributed by atoms with Crippen molar-refractivity contribution < 1.29 is 9.53 Å². The molecule has 1 N–H and O–H groups in total. The Balaban J connectivity index is 2.25. The van der Waals surface area contributed by atoms with Crippen LogP contribution in [0.3, 0.4) is 0 Å². The molecule has 0 aliphatic carbocycles. The molecule has 0 aliphatic rings. The Kier molecular flexibility index (Phi) is 4.98. The number of nitrogens with zero attached hydrogens (tertiary/aromatic N) is 2. The number of ether oxygens (including phenoxy) is 1. The first-order chi connectivity index (χ1) is 7.65. The zero-order valence-electron chi connectivity index (χ0n) is 10.1. The molecular formula is C11H19N3O2. The molecule has 0 aromatic carbocycles. The van der Waals surface area contributed by atoms with Gasteiger partial charge in [0.25, 0.3) is 0 Å². The molecule has 1 heterocycles. The van der Waals surface area contributed by atoms with Crippen molar-refractivity contribution in [3.05, 3.63) is 18.2 Å². The van der Waals surface area contributed by atoms with Gasteiger partial charge in [-0.15, -0.1) is 0 Å². The number of carbonyl (C=O) groups excluding carboxylic acids is 1. The van der Waals surface area contributed by atoms with Gasteiger partial charge in [-0.25, -0.2) is 4.98 Å². The number of imidazole rings is 1. The Morgan fingerprint density at radius 2 is 2.44 bits per heavy atom. The van der Waals surface area contributed by atoms with Crippen LogP contribution in [0.5, 0.6) is 0 Å². The molecule has 1 atom stereocenters. The Morgan fingerprint density at radius 1 is 1.69 bits per heavy atom. The van der Waals surface area contributed by atoms with Crippen molar-refractivity contribution in [1.82, 2.24) is 14.9 Å². The van der Waals surface area contributed by atoms with Crippen molar-refractivity contribution in [3.63, 3.8) is 0 Å². The van der Waals surface area contributed by atoms with Crippen LogP contribution in [0.4, 0.5) is 0 Å². The molecule has 16 heavy (non-hydrogen) atoms. The van der Waals surface area contributed by atoms with Gasteiger partial charge in [0, 0.05) is 26.0 Å². The summed E-state index contributed by atoms with van der Waals surface area (Å²) in [6.45, 7) is 5.36. The molecule has 0 bridgehead atoms. The molecule has 5 nitrogen and oxygen atoms in total. The van der Waals surface area contributed by atoms with E-state index in [9.17, 15) is 4.79 Å². The second kappa shape index (κ2) is 6.27. The number of esters is 1. The molecule has 1 unspecified atom stereocenters. The van der Waals surface area contributed by atoms with Crippen molar-refractivity contribution in [2.24, 2.45) is 13.0 Å². The van der Waals surface area contributed by atoms with E-state index in [0.717, 1.165) is 5.82 Å². The van der Waals surface area contributed by atoms with Gasteiger partial charge in [0.2, 0.25) is 0 Å². The van der Waals surface area contributed by atoms with Crippen LogP contribution in [0, 0.1) is 5.92 Å². The number of hydrogen-bond donors (Lipinski definition) is 1. The van der Waals surface area contributed by atoms with E-state index in [1.54, 1.807) is 6.20 Å². The lowest BCUT2D eigenvalue weighted by molar-refractivity contribution is -0.147. The maximum Gasteiger partial charge on any atom is 0.309 e. The summed E-state index contributed by atoms with van der Waals surface area (Å²) in [7, 11) is 1.94. The first-order valence-electron chi connectivity index (χ1n) is 5.48. The molecule has 0 spiro atoms. The highest BCUT2D eigenvalue weighted by atomic mass is 16.5. The fraction of sp³-hybridized carbons (Fsp3) is 0.636. The van der Waals surface area contributed by atoms with E-state index in [0.29, 0.717) is 19.7 Å². The number of nitrogens with one attached hydrogen (secondary N) is 1. The number of aryl methyl sites for hydroxylation is 1. The van der Waals surface area contributed by atoms with Crippen LogP contribution in [0.1, 0.15) is 19.7 Å². The highest BCUT2D eigenvalue weighted by molar-refractivity contribution is 5.72. The average molecular weight is 225 g/mol. The van der Waals surface area contributed by atoms with Crippen molar-refractivity contribution in [1.29, 1.82) is 0 Å². The standard InChI is InChI=1S/C11H19N3O2/c1-4-16-11(15)9(2)7-12-8-10-13-5-6-14(10)3/h5-6,9,12H,4,7-8H2,1-3H3. The van der Waals surface area contributed by atoms with E-state index in [2.05, 4.69) is 10.3 Å². The van der Waals surface area contributed by atoms with E-state index in [-0.39, 0.29) is 11.9 Å². The third kappa shape index (κ3) is 3.66. The Hall–Kier alpha value is -1.36. The van der Waals surface area contributed by atoms with Gasteiger partial charge in [-0.1, -0.05) is 6.92 Å². The van der Waals surface area contributed by atoms with Crippen LogP contribution in [0.2, 0.25) is 0 Å². The third-order valence-corrected chi connectivity index (χ3v) is 2.34. The van der Waals surface area contributed by atoms with Crippen LogP contribution in [-0.2, 0) is 23.1 Å². The molecule has 90 valence electrons. The molecule has 0 saturated heterocycles. The van der Waals surface area contributed by atoms with Crippen LogP contribution >= 0.6 is 0 Å². The van der Waals surface area contributed by atoms with Crippen LogP contribution < -0.4 is 5.32 Å². The molecule has 5 heteroatoms. The van der Waals surface area contributed by atoms with E-state index in [1.807, 2.05) is 31.7 Å². The van der Waals surface area contributed by atoms with Gasteiger partial charge in [0.15, 0.2) is 0 Å². The lowest BCUT2D eigenvalue weighted by Gasteiger charge is -2.11. The molecule has 0 fully saturated rings. The first-order valence-corrected chi connectivity index (χ1v) is 5.48. The zero-order chi connectivity index (χ0) is 12.0. The Morgan fingerprint density at radius 3 is 3.00 bits per heavy atom. The maximum absolute atomic E-state index is 11.3. The third-order valence-electron chi connectivity index (χ3n) is 2.34. The van der Waals surface area contributed by atoms with E-state index in [1.165, 1.54) is 0 Å². The van der Waals surface area contributed by atoms with Crippen LogP contribution in [0.15, 0.2) is 12.4 Å². The normalized spacial score (nSPS) is 12.4. The Bertz CT molecular complexity index is 336. The SMILES string of the molecule is CCOC(=O)C(C)CNCc1nccn1C. The van der Waals surface area contributed by atoms with Gasteiger partial charge in [-0.2, -0.15) is 0 Å². The van der Waals surface area contributed by atoms with Gasteiger partial charge in [-0.3, -0.25) is 4.79 Å². The predicted molar refractivity (Wildman–Crippen MR) is 60.7 cm³/mol. The quantitative estimate of drug-likeness (QED) is 0.724. The summed E-state index contributed by atoms with van der Waals surface area (Å²) in [6.07, 6.45) is 3.65. The summed E-state index contributed by atoms with van der Waals surface area (Å²) in [5, 5.41) is 3.18. The van der Waals surface area contributed by atoms with Crippen molar-refractivity contribution >= 4 is 5.97 Å². The molecule has 0 amide bonds. The average Bonchev–Trinajstić information content (AvgIpc) is 2.65. The zero-order valence-corrected chi connectivity index (χ0v) is 10.1. The summed E-state index contributed by atoms with van der Waals surface area (Å²) < 4.78 is 6.86. The Labute approximate surface area is 95.8 Å². The molecular weight excluding hydrogens is 206 g/mol. The molecule has 1 aromatic rings. The summed E-state index contributed by atoms with van der Waals surface area (Å²) in [5.74, 6) is 0.672. The monoisotopic (exact) mass is 225 g/mol. The van der Waals surface area contributed by atoms with Crippen LogP contribution in [-0.4, -0.2) is 28.7 Å². The van der Waals surface area contributed by atoms with Gasteiger partial charge < -0.3 is 14.6 Å². The minimum atomic E-state index is -0.158. The number of carbonyl (C=O) groups is 1. The molecule has 0 radical (unpaired) electrons. The summed E-state index contributed by atoms with van der Waals surface area (Å²) in [6, 6.07) is 0. The predicted octanol–water partition coefficient (Wildman–Crippen LogP) is 0.709. The molecule has 0 aliphatic heterocycles. The number of aromatic nitrogens is 2. The second-order valence-corrected chi connectivity index (χ2v) is 3.74. The van der Waals surface area contributed by atoms with Crippen LogP contribution in [0.25, 0.3) is 0 Å². The fourth-order valence-corrected chi connectivity index (χ4v) is 1.34. The smallest absolute Gasteiger partial charge is 0.309 e. The minimum absolute atomic E-state index is 0.125. The van der Waals surface area contributed by atoms with Crippen molar-refractivity contribution in [2.45, 2.75) is 20.4 Å². The highest BCUT2D eigenvalue weighted by Crippen LogP contribution is 1.98. The van der Waals surface area contributed by atoms with Gasteiger partial charge in [0.1, 0.15) is 5.82 Å². The number of hydrogen-bond acceptors (Lipinski definition) is 4.